The molecule has 1 amide bonds. The number of amides is 1. The van der Waals surface area contributed by atoms with Crippen LogP contribution >= 0.6 is 0 Å². The summed E-state index contributed by atoms with van der Waals surface area (Å²) >= 11 is -2.16. The van der Waals surface area contributed by atoms with Crippen LogP contribution in [0.2, 0.25) is 0 Å². The fraction of sp³-hybridized carbons (Fsp3) is 0.188. The second-order valence-electron chi connectivity index (χ2n) is 4.84. The van der Waals surface area contributed by atoms with E-state index in [1.54, 1.807) is 43.5 Å². The second-order valence-corrected chi connectivity index (χ2v) is 5.75. The molecule has 2 aromatic carbocycles. The van der Waals surface area contributed by atoms with Gasteiger partial charge in [0.05, 0.1) is 19.3 Å². The van der Waals surface area contributed by atoms with Gasteiger partial charge in [0, 0.05) is 12.6 Å². The average molecular weight is 334 g/mol. The molecule has 0 heterocycles. The second kappa shape index (κ2) is 7.75. The molecule has 122 valence electrons. The lowest BCUT2D eigenvalue weighted by Crippen LogP contribution is -2.24. The third-order valence-corrected chi connectivity index (χ3v) is 3.87. The molecule has 0 saturated carbocycles. The molecule has 0 fully saturated rings. The number of ether oxygens (including phenoxy) is 1. The zero-order valence-electron chi connectivity index (χ0n) is 12.9. The molecule has 1 unspecified atom stereocenters. The van der Waals surface area contributed by atoms with Gasteiger partial charge in [-0.25, -0.2) is 4.21 Å². The number of methoxy groups -OCH3 is 1. The lowest BCUT2D eigenvalue weighted by Gasteiger charge is -2.20. The number of nitrogens with zero attached hydrogens (tertiary/aromatic N) is 1. The Morgan fingerprint density at radius 1 is 1.17 bits per heavy atom. The minimum atomic E-state index is -2.16. The molecule has 2 N–H and O–H groups in total. The minimum Gasteiger partial charge on any atom is -0.497 e. The number of benzene rings is 2. The maximum Gasteiger partial charge on any atom is 0.262 e. The van der Waals surface area contributed by atoms with Crippen LogP contribution in [0.15, 0.2) is 48.5 Å². The molecular weight excluding hydrogens is 316 g/mol. The first-order chi connectivity index (χ1) is 11.0. The zero-order valence-corrected chi connectivity index (χ0v) is 13.7. The molecule has 2 aromatic rings. The molecule has 0 spiro atoms. The van der Waals surface area contributed by atoms with Crippen molar-refractivity contribution >= 4 is 28.5 Å². The standard InChI is InChI=1S/C16H18N2O4S/c1-12(19)17-14-5-7-15(8-6-14)18(23(20)21)11-13-3-9-16(22-2)10-4-13/h3-10H,11H2,1-2H3,(H,17,19)(H,20,21). The van der Waals surface area contributed by atoms with E-state index in [4.69, 9.17) is 4.74 Å². The number of carbonyl (C=O) groups excluding carboxylic acids is 1. The van der Waals surface area contributed by atoms with E-state index in [0.29, 0.717) is 11.4 Å². The Morgan fingerprint density at radius 2 is 1.78 bits per heavy atom. The monoisotopic (exact) mass is 334 g/mol. The summed E-state index contributed by atoms with van der Waals surface area (Å²) in [7, 11) is 1.58. The van der Waals surface area contributed by atoms with Gasteiger partial charge in [-0.05, 0) is 42.0 Å². The predicted molar refractivity (Wildman–Crippen MR) is 90.7 cm³/mol. The largest absolute Gasteiger partial charge is 0.497 e. The summed E-state index contributed by atoms with van der Waals surface area (Å²) in [5.41, 5.74) is 2.09. The normalized spacial score (nSPS) is 11.6. The summed E-state index contributed by atoms with van der Waals surface area (Å²) in [6.07, 6.45) is 0. The fourth-order valence-corrected chi connectivity index (χ4v) is 2.61. The number of rotatable bonds is 6. The summed E-state index contributed by atoms with van der Waals surface area (Å²) in [5, 5.41) is 2.65. The van der Waals surface area contributed by atoms with Gasteiger partial charge in [-0.3, -0.25) is 13.7 Å². The molecule has 0 radical (unpaired) electrons. The van der Waals surface area contributed by atoms with Crippen LogP contribution in [0.3, 0.4) is 0 Å². The van der Waals surface area contributed by atoms with Crippen molar-refractivity contribution in [2.45, 2.75) is 13.5 Å². The van der Waals surface area contributed by atoms with Crippen LogP contribution in [0.1, 0.15) is 12.5 Å². The van der Waals surface area contributed by atoms with Crippen LogP contribution in [0.5, 0.6) is 5.75 Å². The van der Waals surface area contributed by atoms with Crippen molar-refractivity contribution in [1.29, 1.82) is 0 Å². The van der Waals surface area contributed by atoms with E-state index < -0.39 is 11.3 Å². The number of nitrogens with one attached hydrogen (secondary N) is 1. The molecule has 0 aliphatic heterocycles. The van der Waals surface area contributed by atoms with Gasteiger partial charge in [-0.1, -0.05) is 12.1 Å². The number of hydrogen-bond acceptors (Lipinski definition) is 3. The lowest BCUT2D eigenvalue weighted by atomic mass is 10.2. The Kier molecular flexibility index (Phi) is 5.72. The highest BCUT2D eigenvalue weighted by Gasteiger charge is 2.13. The van der Waals surface area contributed by atoms with Crippen molar-refractivity contribution in [1.82, 2.24) is 0 Å². The smallest absolute Gasteiger partial charge is 0.262 e. The molecule has 7 heteroatoms. The van der Waals surface area contributed by atoms with Gasteiger partial charge >= 0.3 is 0 Å². The highest BCUT2D eigenvalue weighted by molar-refractivity contribution is 7.80. The first-order valence-electron chi connectivity index (χ1n) is 6.88. The maximum atomic E-state index is 11.6. The molecule has 0 saturated heterocycles. The number of carbonyl (C=O) groups is 1. The Bertz CT molecular complexity index is 686. The van der Waals surface area contributed by atoms with E-state index in [9.17, 15) is 13.6 Å². The van der Waals surface area contributed by atoms with Gasteiger partial charge in [0.2, 0.25) is 5.91 Å². The van der Waals surface area contributed by atoms with Crippen LogP contribution in [-0.2, 0) is 22.6 Å². The molecule has 6 nitrogen and oxygen atoms in total. The van der Waals surface area contributed by atoms with Crippen molar-refractivity contribution in [3.63, 3.8) is 0 Å². The van der Waals surface area contributed by atoms with Gasteiger partial charge in [-0.15, -0.1) is 0 Å². The number of anilines is 2. The minimum absolute atomic E-state index is 0.168. The molecule has 2 rings (SSSR count). The van der Waals surface area contributed by atoms with Crippen molar-refractivity contribution in [3.8, 4) is 5.75 Å². The molecular formula is C16H18N2O4S. The Balaban J connectivity index is 2.17. The fourth-order valence-electron chi connectivity index (χ4n) is 2.05. The highest BCUT2D eigenvalue weighted by Crippen LogP contribution is 2.22. The van der Waals surface area contributed by atoms with Gasteiger partial charge in [0.1, 0.15) is 5.75 Å². The van der Waals surface area contributed by atoms with Crippen LogP contribution in [0.4, 0.5) is 11.4 Å². The summed E-state index contributed by atoms with van der Waals surface area (Å²) in [5.74, 6) is 0.559. The van der Waals surface area contributed by atoms with Gasteiger partial charge < -0.3 is 10.1 Å². The molecule has 0 aliphatic carbocycles. The Morgan fingerprint density at radius 3 is 2.26 bits per heavy atom. The van der Waals surface area contributed by atoms with E-state index in [1.165, 1.54) is 11.2 Å². The van der Waals surface area contributed by atoms with E-state index in [-0.39, 0.29) is 12.5 Å². The summed E-state index contributed by atoms with van der Waals surface area (Å²) in [6.45, 7) is 1.69. The predicted octanol–water partition coefficient (Wildman–Crippen LogP) is 2.80. The van der Waals surface area contributed by atoms with Crippen molar-refractivity contribution in [2.24, 2.45) is 0 Å². The molecule has 0 bridgehead atoms. The van der Waals surface area contributed by atoms with Crippen molar-refractivity contribution < 1.29 is 18.3 Å². The Hall–Kier alpha value is -2.38. The first kappa shape index (κ1) is 17.0. The molecule has 23 heavy (non-hydrogen) atoms. The van der Waals surface area contributed by atoms with Crippen LogP contribution in [0, 0.1) is 0 Å². The van der Waals surface area contributed by atoms with E-state index in [1.807, 2.05) is 12.1 Å². The van der Waals surface area contributed by atoms with Crippen LogP contribution in [0.25, 0.3) is 0 Å². The van der Waals surface area contributed by atoms with Gasteiger partial charge in [0.25, 0.3) is 11.3 Å². The van der Waals surface area contributed by atoms with E-state index in [2.05, 4.69) is 5.32 Å². The summed E-state index contributed by atoms with van der Waals surface area (Å²) < 4.78 is 27.6. The average Bonchev–Trinajstić information content (AvgIpc) is 2.53. The van der Waals surface area contributed by atoms with Crippen molar-refractivity contribution in [3.05, 3.63) is 54.1 Å². The topological polar surface area (TPSA) is 78.9 Å². The SMILES string of the molecule is COc1ccc(CN(c2ccc(NC(C)=O)cc2)S(=O)O)cc1. The van der Waals surface area contributed by atoms with E-state index in [0.717, 1.165) is 11.3 Å². The Labute approximate surface area is 137 Å². The molecule has 0 aliphatic rings. The number of hydrogen-bond donors (Lipinski definition) is 2. The van der Waals surface area contributed by atoms with E-state index >= 15 is 0 Å². The van der Waals surface area contributed by atoms with Gasteiger partial charge in [0.15, 0.2) is 0 Å². The quantitative estimate of drug-likeness (QED) is 0.796. The molecule has 0 aromatic heterocycles. The molecule has 1 atom stereocenters. The van der Waals surface area contributed by atoms with Crippen molar-refractivity contribution in [2.75, 3.05) is 16.7 Å². The van der Waals surface area contributed by atoms with Gasteiger partial charge in [-0.2, -0.15) is 0 Å². The summed E-state index contributed by atoms with van der Waals surface area (Å²) in [6, 6.07) is 14.0. The summed E-state index contributed by atoms with van der Waals surface area (Å²) in [4.78, 5) is 11.0. The first-order valence-corrected chi connectivity index (χ1v) is 7.95. The van der Waals surface area contributed by atoms with Crippen LogP contribution in [-0.4, -0.2) is 21.8 Å². The maximum absolute atomic E-state index is 11.6. The third kappa shape index (κ3) is 4.80. The third-order valence-electron chi connectivity index (χ3n) is 3.15. The highest BCUT2D eigenvalue weighted by atomic mass is 32.2. The zero-order chi connectivity index (χ0) is 16.8. The lowest BCUT2D eigenvalue weighted by molar-refractivity contribution is -0.114. The van der Waals surface area contributed by atoms with Crippen LogP contribution < -0.4 is 14.4 Å².